The molecule has 2 heteroatoms. The van der Waals surface area contributed by atoms with Gasteiger partial charge in [-0.2, -0.15) is 0 Å². The number of rotatable bonds is 2. The van der Waals surface area contributed by atoms with Crippen molar-refractivity contribution in [1.82, 2.24) is 0 Å². The fourth-order valence-electron chi connectivity index (χ4n) is 3.45. The molecule has 0 spiro atoms. The maximum atomic E-state index is 10.8. The van der Waals surface area contributed by atoms with Crippen LogP contribution in [-0.4, -0.2) is 12.6 Å². The first-order chi connectivity index (χ1) is 5.79. The fraction of sp³-hybridized carbons (Fsp3) is 1.00. The molecule has 0 amide bonds. The number of hydrogen-bond acceptors (Lipinski definition) is 1. The SMILES string of the molecule is NC(C[O])C12CCCC1CCC2. The molecule has 0 saturated heterocycles. The molecule has 0 bridgehead atoms. The second-order valence-electron chi connectivity index (χ2n) is 4.49. The molecule has 0 aromatic heterocycles. The molecule has 0 heterocycles. The van der Waals surface area contributed by atoms with E-state index in [0.29, 0.717) is 0 Å². The summed E-state index contributed by atoms with van der Waals surface area (Å²) in [5.41, 5.74) is 6.22. The van der Waals surface area contributed by atoms with E-state index in [9.17, 15) is 5.11 Å². The van der Waals surface area contributed by atoms with Crippen molar-refractivity contribution in [3.8, 4) is 0 Å². The molecule has 0 aromatic rings. The van der Waals surface area contributed by atoms with Crippen molar-refractivity contribution in [2.24, 2.45) is 17.1 Å². The van der Waals surface area contributed by atoms with Crippen molar-refractivity contribution < 1.29 is 5.11 Å². The molecule has 12 heavy (non-hydrogen) atoms. The summed E-state index contributed by atoms with van der Waals surface area (Å²) in [4.78, 5) is 0. The smallest absolute Gasteiger partial charge is 0.0978 e. The topological polar surface area (TPSA) is 45.9 Å². The first kappa shape index (κ1) is 8.52. The van der Waals surface area contributed by atoms with E-state index in [-0.39, 0.29) is 18.1 Å². The van der Waals surface area contributed by atoms with Gasteiger partial charge >= 0.3 is 0 Å². The van der Waals surface area contributed by atoms with Gasteiger partial charge in [0.05, 0.1) is 6.61 Å². The lowest BCUT2D eigenvalue weighted by molar-refractivity contribution is 0.0850. The zero-order valence-electron chi connectivity index (χ0n) is 7.59. The summed E-state index contributed by atoms with van der Waals surface area (Å²) in [6, 6.07) is -0.0625. The van der Waals surface area contributed by atoms with Crippen molar-refractivity contribution in [2.45, 2.75) is 44.6 Å². The maximum absolute atomic E-state index is 10.8. The lowest BCUT2D eigenvalue weighted by atomic mass is 9.74. The largest absolute Gasteiger partial charge is 0.325 e. The van der Waals surface area contributed by atoms with Crippen molar-refractivity contribution in [3.05, 3.63) is 0 Å². The van der Waals surface area contributed by atoms with Crippen LogP contribution in [-0.2, 0) is 5.11 Å². The molecule has 1 radical (unpaired) electrons. The number of nitrogens with two attached hydrogens (primary N) is 1. The van der Waals surface area contributed by atoms with Crippen LogP contribution in [0.3, 0.4) is 0 Å². The molecule has 0 aliphatic heterocycles. The third-order valence-corrected chi connectivity index (χ3v) is 4.12. The molecule has 69 valence electrons. The van der Waals surface area contributed by atoms with Crippen LogP contribution in [0.1, 0.15) is 38.5 Å². The quantitative estimate of drug-likeness (QED) is 0.670. The molecule has 2 saturated carbocycles. The van der Waals surface area contributed by atoms with Crippen molar-refractivity contribution in [1.29, 1.82) is 0 Å². The van der Waals surface area contributed by atoms with E-state index in [1.807, 2.05) is 0 Å². The zero-order valence-corrected chi connectivity index (χ0v) is 7.59. The summed E-state index contributed by atoms with van der Waals surface area (Å²) in [6.45, 7) is -0.0729. The van der Waals surface area contributed by atoms with Gasteiger partial charge in [0.25, 0.3) is 0 Å². The molecule has 2 fully saturated rings. The van der Waals surface area contributed by atoms with Crippen LogP contribution in [0, 0.1) is 11.3 Å². The number of hydrogen-bond donors (Lipinski definition) is 1. The summed E-state index contributed by atoms with van der Waals surface area (Å²) in [5, 5.41) is 10.8. The van der Waals surface area contributed by atoms with Gasteiger partial charge < -0.3 is 5.73 Å². The van der Waals surface area contributed by atoms with Crippen molar-refractivity contribution >= 4 is 0 Å². The van der Waals surface area contributed by atoms with Crippen LogP contribution in [0.2, 0.25) is 0 Å². The minimum absolute atomic E-state index is 0.0625. The van der Waals surface area contributed by atoms with Crippen LogP contribution in [0.5, 0.6) is 0 Å². The molecule has 1 atom stereocenters. The molecule has 2 rings (SSSR count). The van der Waals surface area contributed by atoms with E-state index < -0.39 is 0 Å². The predicted octanol–water partition coefficient (Wildman–Crippen LogP) is 1.71. The number of fused-ring (bicyclic) bond motifs is 1. The first-order valence-electron chi connectivity index (χ1n) is 5.13. The van der Waals surface area contributed by atoms with Gasteiger partial charge in [-0.25, -0.2) is 5.11 Å². The highest BCUT2D eigenvalue weighted by molar-refractivity contribution is 5.01. The van der Waals surface area contributed by atoms with Gasteiger partial charge in [0.1, 0.15) is 0 Å². The Bertz CT molecular complexity index is 159. The molecule has 2 aliphatic carbocycles. The minimum atomic E-state index is -0.0729. The molecular formula is C10H18NO. The molecule has 1 unspecified atom stereocenters. The Balaban J connectivity index is 2.16. The van der Waals surface area contributed by atoms with Gasteiger partial charge in [0.2, 0.25) is 0 Å². The van der Waals surface area contributed by atoms with E-state index >= 15 is 0 Å². The molecule has 2 N–H and O–H groups in total. The average Bonchev–Trinajstić information content (AvgIpc) is 2.60. The average molecular weight is 168 g/mol. The highest BCUT2D eigenvalue weighted by Crippen LogP contribution is 2.55. The molecule has 2 nitrogen and oxygen atoms in total. The summed E-state index contributed by atoms with van der Waals surface area (Å²) in [5.74, 6) is 0.793. The lowest BCUT2D eigenvalue weighted by Gasteiger charge is -2.34. The second-order valence-corrected chi connectivity index (χ2v) is 4.49. The van der Waals surface area contributed by atoms with Gasteiger partial charge in [-0.3, -0.25) is 0 Å². The van der Waals surface area contributed by atoms with Crippen LogP contribution in [0.15, 0.2) is 0 Å². The van der Waals surface area contributed by atoms with Gasteiger partial charge in [-0.1, -0.05) is 12.8 Å². The van der Waals surface area contributed by atoms with Gasteiger partial charge in [0, 0.05) is 6.04 Å². The summed E-state index contributed by atoms with van der Waals surface area (Å²) >= 11 is 0. The van der Waals surface area contributed by atoms with E-state index in [0.717, 1.165) is 5.92 Å². The summed E-state index contributed by atoms with van der Waals surface area (Å²) < 4.78 is 0. The first-order valence-corrected chi connectivity index (χ1v) is 5.13. The Labute approximate surface area is 74.1 Å². The standard InChI is InChI=1S/C10H18NO/c11-9(7-12)10-5-1-3-8(10)4-2-6-10/h8-9H,1-7,11H2. The highest BCUT2D eigenvalue weighted by Gasteiger charge is 2.49. The Morgan fingerprint density at radius 2 is 1.92 bits per heavy atom. The molecule has 2 aliphatic rings. The van der Waals surface area contributed by atoms with E-state index in [2.05, 4.69) is 0 Å². The van der Waals surface area contributed by atoms with Crippen molar-refractivity contribution in [3.63, 3.8) is 0 Å². The van der Waals surface area contributed by atoms with Crippen LogP contribution in [0.25, 0.3) is 0 Å². The Kier molecular flexibility index (Phi) is 2.13. The van der Waals surface area contributed by atoms with E-state index in [1.54, 1.807) is 0 Å². The summed E-state index contributed by atoms with van der Waals surface area (Å²) in [6.07, 6.45) is 7.71. The lowest BCUT2D eigenvalue weighted by Crippen LogP contribution is -2.44. The normalized spacial score (nSPS) is 43.0. The monoisotopic (exact) mass is 168 g/mol. The molecular weight excluding hydrogens is 150 g/mol. The van der Waals surface area contributed by atoms with E-state index in [1.165, 1.54) is 38.5 Å². The molecule has 0 aromatic carbocycles. The van der Waals surface area contributed by atoms with Crippen LogP contribution >= 0.6 is 0 Å². The van der Waals surface area contributed by atoms with Gasteiger partial charge in [-0.15, -0.1) is 0 Å². The Hall–Kier alpha value is -0.0800. The van der Waals surface area contributed by atoms with Crippen LogP contribution < -0.4 is 5.73 Å². The highest BCUT2D eigenvalue weighted by atomic mass is 16.3. The van der Waals surface area contributed by atoms with Crippen LogP contribution in [0.4, 0.5) is 0 Å². The van der Waals surface area contributed by atoms with Gasteiger partial charge in [0.15, 0.2) is 0 Å². The third kappa shape index (κ3) is 1.01. The minimum Gasteiger partial charge on any atom is -0.325 e. The second kappa shape index (κ2) is 3.00. The zero-order chi connectivity index (χ0) is 8.60. The van der Waals surface area contributed by atoms with Crippen molar-refractivity contribution in [2.75, 3.05) is 6.61 Å². The summed E-state index contributed by atoms with van der Waals surface area (Å²) in [7, 11) is 0. The third-order valence-electron chi connectivity index (χ3n) is 4.12. The predicted molar refractivity (Wildman–Crippen MR) is 47.2 cm³/mol. The maximum Gasteiger partial charge on any atom is 0.0978 e. The van der Waals surface area contributed by atoms with Gasteiger partial charge in [-0.05, 0) is 37.0 Å². The van der Waals surface area contributed by atoms with E-state index in [4.69, 9.17) is 5.73 Å². The fourth-order valence-corrected chi connectivity index (χ4v) is 3.45. The Morgan fingerprint density at radius 3 is 2.42 bits per heavy atom. The Morgan fingerprint density at radius 1 is 1.33 bits per heavy atom.